The minimum absolute atomic E-state index is 0. The normalized spacial score (nSPS) is 8.22. The standard InChI is InChI=1S/C3H5BN2O2.Ir/c7-4(8)6-3-1-2-5-6;/h1-3,7-8H;/q;+3. The molecule has 1 aromatic rings. The first-order valence-corrected chi connectivity index (χ1v) is 2.16. The van der Waals surface area contributed by atoms with Gasteiger partial charge in [0.2, 0.25) is 0 Å². The summed E-state index contributed by atoms with van der Waals surface area (Å²) in [6.45, 7) is 0. The van der Waals surface area contributed by atoms with E-state index in [0.717, 1.165) is 4.59 Å². The first-order chi connectivity index (χ1) is 3.80. The molecule has 0 aliphatic heterocycles. The van der Waals surface area contributed by atoms with Gasteiger partial charge in [-0.2, -0.15) is 5.10 Å². The van der Waals surface area contributed by atoms with Crippen LogP contribution in [-0.2, 0) is 20.1 Å². The van der Waals surface area contributed by atoms with Gasteiger partial charge in [0.25, 0.3) is 0 Å². The summed E-state index contributed by atoms with van der Waals surface area (Å²) in [7, 11) is -1.51. The Balaban J connectivity index is 0.000000640. The van der Waals surface area contributed by atoms with E-state index in [1.54, 1.807) is 6.07 Å². The maximum Gasteiger partial charge on any atom is 3.00 e. The SMILES string of the molecule is OB(O)n1cccn1.[Ir+3]. The molecule has 0 aromatic carbocycles. The molecule has 0 saturated heterocycles. The molecule has 0 aliphatic rings. The van der Waals surface area contributed by atoms with Crippen LogP contribution in [0.2, 0.25) is 0 Å². The summed E-state index contributed by atoms with van der Waals surface area (Å²) in [6.07, 6.45) is 2.93. The van der Waals surface area contributed by atoms with Crippen molar-refractivity contribution < 1.29 is 30.2 Å². The Hall–Kier alpha value is -0.156. The van der Waals surface area contributed by atoms with Gasteiger partial charge in [0.05, 0.1) is 0 Å². The van der Waals surface area contributed by atoms with E-state index >= 15 is 0 Å². The van der Waals surface area contributed by atoms with Crippen LogP contribution in [0.5, 0.6) is 0 Å². The van der Waals surface area contributed by atoms with Gasteiger partial charge in [-0.1, -0.05) is 0 Å². The van der Waals surface area contributed by atoms with Gasteiger partial charge in [-0.05, 0) is 6.07 Å². The second-order valence-corrected chi connectivity index (χ2v) is 1.33. The van der Waals surface area contributed by atoms with Gasteiger partial charge in [0.1, 0.15) is 0 Å². The maximum absolute atomic E-state index is 8.37. The van der Waals surface area contributed by atoms with Gasteiger partial charge in [0.15, 0.2) is 0 Å². The molecule has 0 atom stereocenters. The molecule has 4 nitrogen and oxygen atoms in total. The predicted molar refractivity (Wildman–Crippen MR) is 27.8 cm³/mol. The Bertz CT molecular complexity index is 155. The summed E-state index contributed by atoms with van der Waals surface area (Å²) < 4.78 is 1.03. The molecular formula is C3H5BIrN2O2+3. The molecule has 0 radical (unpaired) electrons. The average molecular weight is 304 g/mol. The van der Waals surface area contributed by atoms with Crippen LogP contribution in [0.1, 0.15) is 0 Å². The van der Waals surface area contributed by atoms with E-state index in [0.29, 0.717) is 0 Å². The average Bonchev–Trinajstić information content (AvgIpc) is 2.12. The fourth-order valence-electron chi connectivity index (χ4n) is 0.417. The number of hydrogen-bond donors (Lipinski definition) is 2. The van der Waals surface area contributed by atoms with Gasteiger partial charge in [0, 0.05) is 12.4 Å². The van der Waals surface area contributed by atoms with E-state index in [2.05, 4.69) is 5.10 Å². The van der Waals surface area contributed by atoms with Gasteiger partial charge in [-0.15, -0.1) is 0 Å². The molecular weight excluding hydrogens is 299 g/mol. The summed E-state index contributed by atoms with van der Waals surface area (Å²) in [6, 6.07) is 1.61. The number of aromatic nitrogens is 2. The molecule has 9 heavy (non-hydrogen) atoms. The summed E-state index contributed by atoms with van der Waals surface area (Å²) >= 11 is 0. The second-order valence-electron chi connectivity index (χ2n) is 1.33. The first-order valence-electron chi connectivity index (χ1n) is 2.16. The molecule has 0 saturated carbocycles. The van der Waals surface area contributed by atoms with Crippen molar-refractivity contribution in [3.63, 3.8) is 0 Å². The third-order valence-electron chi connectivity index (χ3n) is 0.761. The van der Waals surface area contributed by atoms with Crippen molar-refractivity contribution in [2.45, 2.75) is 0 Å². The third-order valence-corrected chi connectivity index (χ3v) is 0.761. The molecule has 0 unspecified atom stereocenters. The van der Waals surface area contributed by atoms with Crippen LogP contribution in [0.25, 0.3) is 0 Å². The number of rotatable bonds is 1. The molecule has 1 rings (SSSR count). The van der Waals surface area contributed by atoms with Crippen LogP contribution in [0.4, 0.5) is 0 Å². The van der Waals surface area contributed by atoms with Crippen LogP contribution in [0.3, 0.4) is 0 Å². The van der Waals surface area contributed by atoms with E-state index in [9.17, 15) is 0 Å². The Morgan fingerprint density at radius 1 is 1.44 bits per heavy atom. The largest absolute Gasteiger partial charge is 3.00 e. The second kappa shape index (κ2) is 3.79. The van der Waals surface area contributed by atoms with Crippen molar-refractivity contribution in [2.24, 2.45) is 0 Å². The Morgan fingerprint density at radius 2 is 2.11 bits per heavy atom. The zero-order chi connectivity index (χ0) is 5.98. The molecule has 0 amide bonds. The van der Waals surface area contributed by atoms with Crippen LogP contribution in [0, 0.1) is 0 Å². The summed E-state index contributed by atoms with van der Waals surface area (Å²) in [5, 5.41) is 20.3. The first kappa shape index (κ1) is 8.84. The number of hydrogen-bond acceptors (Lipinski definition) is 3. The van der Waals surface area contributed by atoms with Crippen LogP contribution >= 0.6 is 0 Å². The van der Waals surface area contributed by atoms with E-state index in [-0.39, 0.29) is 20.1 Å². The van der Waals surface area contributed by atoms with Gasteiger partial charge in [-0.3, -0.25) is 4.59 Å². The van der Waals surface area contributed by atoms with Gasteiger partial charge in [-0.25, -0.2) is 0 Å². The fraction of sp³-hybridized carbons (Fsp3) is 0. The van der Waals surface area contributed by atoms with Crippen LogP contribution in [0.15, 0.2) is 18.5 Å². The molecule has 0 bridgehead atoms. The zero-order valence-electron chi connectivity index (χ0n) is 4.43. The Labute approximate surface area is 66.0 Å². The van der Waals surface area contributed by atoms with E-state index in [4.69, 9.17) is 10.0 Å². The van der Waals surface area contributed by atoms with Gasteiger partial charge >= 0.3 is 27.4 Å². The third kappa shape index (κ3) is 2.28. The molecule has 1 heterocycles. The topological polar surface area (TPSA) is 58.3 Å². The van der Waals surface area contributed by atoms with E-state index in [1.165, 1.54) is 12.4 Å². The van der Waals surface area contributed by atoms with Crippen molar-refractivity contribution in [3.8, 4) is 0 Å². The van der Waals surface area contributed by atoms with Crippen molar-refractivity contribution in [1.82, 2.24) is 9.69 Å². The molecule has 0 aliphatic carbocycles. The van der Waals surface area contributed by atoms with E-state index in [1.807, 2.05) is 0 Å². The van der Waals surface area contributed by atoms with Gasteiger partial charge < -0.3 is 10.0 Å². The quantitative estimate of drug-likeness (QED) is 0.634. The summed E-state index contributed by atoms with van der Waals surface area (Å²) in [5.74, 6) is 0. The Kier molecular flexibility index (Phi) is 3.73. The summed E-state index contributed by atoms with van der Waals surface area (Å²) in [5.41, 5.74) is 0. The fourth-order valence-corrected chi connectivity index (χ4v) is 0.417. The van der Waals surface area contributed by atoms with Crippen LogP contribution < -0.4 is 0 Å². The molecule has 0 fully saturated rings. The predicted octanol–water partition coefficient (Wildman–Crippen LogP) is -1.30. The molecule has 2 N–H and O–H groups in total. The zero-order valence-corrected chi connectivity index (χ0v) is 6.83. The summed E-state index contributed by atoms with van der Waals surface area (Å²) in [4.78, 5) is 0. The molecule has 48 valence electrons. The van der Waals surface area contributed by atoms with E-state index < -0.39 is 7.25 Å². The molecule has 0 spiro atoms. The monoisotopic (exact) mass is 305 g/mol. The van der Waals surface area contributed by atoms with Crippen molar-refractivity contribution >= 4 is 7.25 Å². The van der Waals surface area contributed by atoms with Crippen molar-refractivity contribution in [3.05, 3.63) is 18.5 Å². The maximum atomic E-state index is 8.37. The molecule has 1 aromatic heterocycles. The van der Waals surface area contributed by atoms with Crippen LogP contribution in [-0.4, -0.2) is 27.0 Å². The number of nitrogens with zero attached hydrogens (tertiary/aromatic N) is 2. The molecule has 6 heteroatoms. The van der Waals surface area contributed by atoms with Crippen molar-refractivity contribution in [1.29, 1.82) is 0 Å². The minimum atomic E-state index is -1.51. The smallest absolute Gasteiger partial charge is 0.407 e. The van der Waals surface area contributed by atoms with Crippen molar-refractivity contribution in [2.75, 3.05) is 0 Å². The Morgan fingerprint density at radius 3 is 2.33 bits per heavy atom. The minimum Gasteiger partial charge on any atom is -0.407 e.